The quantitative estimate of drug-likeness (QED) is 0.0243. The number of aliphatic hydroxyl groups is 1. The van der Waals surface area contributed by atoms with E-state index in [0.717, 1.165) is 38.5 Å². The van der Waals surface area contributed by atoms with Crippen LogP contribution in [0.5, 0.6) is 0 Å². The Kier molecular flexibility index (Phi) is 44.8. The first kappa shape index (κ1) is 61.2. The highest BCUT2D eigenvalue weighted by atomic mass is 31.2. The molecule has 1 amide bonds. The summed E-state index contributed by atoms with van der Waals surface area (Å²) in [5.41, 5.74) is 0. The molecule has 3 N–H and O–H groups in total. The van der Waals surface area contributed by atoms with Gasteiger partial charge in [0.2, 0.25) is 5.91 Å². The zero-order valence-corrected chi connectivity index (χ0v) is 43.0. The van der Waals surface area contributed by atoms with E-state index in [1.165, 1.54) is 212 Å². The van der Waals surface area contributed by atoms with E-state index in [0.29, 0.717) is 17.4 Å². The van der Waals surface area contributed by atoms with Crippen LogP contribution in [0, 0.1) is 0 Å². The van der Waals surface area contributed by atoms with Crippen molar-refractivity contribution in [3.8, 4) is 0 Å². The maximum absolute atomic E-state index is 12.9. The normalized spacial score (nSPS) is 14.1. The van der Waals surface area contributed by atoms with Crippen LogP contribution in [0.3, 0.4) is 0 Å². The van der Waals surface area contributed by atoms with Crippen LogP contribution in [0.1, 0.15) is 271 Å². The Bertz CT molecular complexity index is 1020. The largest absolute Gasteiger partial charge is 0.472 e. The van der Waals surface area contributed by atoms with Gasteiger partial charge in [0.15, 0.2) is 0 Å². The number of unbranched alkanes of at least 4 members (excludes halogenated alkanes) is 37. The number of phosphoric acid groups is 1. The number of amides is 1. The summed E-state index contributed by atoms with van der Waals surface area (Å²) in [6.07, 6.45) is 54.5. The summed E-state index contributed by atoms with van der Waals surface area (Å²) >= 11 is 0. The molecule has 9 heteroatoms. The molecule has 0 aromatic heterocycles. The highest BCUT2D eigenvalue weighted by Gasteiger charge is 2.27. The zero-order chi connectivity index (χ0) is 45.7. The van der Waals surface area contributed by atoms with E-state index in [4.69, 9.17) is 9.05 Å². The van der Waals surface area contributed by atoms with E-state index in [9.17, 15) is 19.4 Å². The minimum Gasteiger partial charge on any atom is -0.387 e. The predicted molar refractivity (Wildman–Crippen MR) is 268 cm³/mol. The van der Waals surface area contributed by atoms with Gasteiger partial charge in [-0.05, 0) is 19.3 Å². The smallest absolute Gasteiger partial charge is 0.387 e. The number of allylic oxidation sites excluding steroid dienone is 1. The highest BCUT2D eigenvalue weighted by molar-refractivity contribution is 7.47. The molecule has 0 saturated carbocycles. The topological polar surface area (TPSA) is 105 Å². The lowest BCUT2D eigenvalue weighted by molar-refractivity contribution is -0.870. The van der Waals surface area contributed by atoms with Crippen molar-refractivity contribution in [2.45, 2.75) is 283 Å². The number of quaternary nitrogens is 1. The Morgan fingerprint density at radius 2 is 0.855 bits per heavy atom. The molecule has 0 heterocycles. The standard InChI is InChI=1S/C53H107N2O6P/c1-6-8-10-12-14-16-18-20-21-22-23-24-25-26-27-28-29-30-31-32-33-35-37-39-41-43-45-47-53(57)54-51(50-61-62(58,59)60-49-48-55(3,4)5)52(56)46-44-42-40-38-36-34-19-17-15-13-11-9-7-2/h44,46,51-52,56H,6-43,45,47-50H2,1-5H3,(H-,54,57,58,59)/p+1/b46-44+. The van der Waals surface area contributed by atoms with Gasteiger partial charge in [0, 0.05) is 6.42 Å². The molecule has 370 valence electrons. The van der Waals surface area contributed by atoms with E-state index in [2.05, 4.69) is 19.2 Å². The molecule has 0 aliphatic carbocycles. The van der Waals surface area contributed by atoms with Crippen molar-refractivity contribution >= 4 is 13.7 Å². The van der Waals surface area contributed by atoms with Crippen LogP contribution in [-0.2, 0) is 18.4 Å². The molecular formula is C53H108N2O6P+. The maximum atomic E-state index is 12.9. The molecule has 0 bridgehead atoms. The minimum atomic E-state index is -4.34. The van der Waals surface area contributed by atoms with Crippen LogP contribution >= 0.6 is 7.82 Å². The summed E-state index contributed by atoms with van der Waals surface area (Å²) in [7, 11) is 1.59. The van der Waals surface area contributed by atoms with E-state index in [-0.39, 0.29) is 19.1 Å². The lowest BCUT2D eigenvalue weighted by Gasteiger charge is -2.25. The second-order valence-corrected chi connectivity index (χ2v) is 21.4. The number of carbonyl (C=O) groups is 1. The monoisotopic (exact) mass is 900 g/mol. The third-order valence-electron chi connectivity index (χ3n) is 12.5. The van der Waals surface area contributed by atoms with Gasteiger partial charge < -0.3 is 19.8 Å². The fourth-order valence-corrected chi connectivity index (χ4v) is 8.96. The SMILES string of the molecule is CCCCCCCCCCCCC/C=C/C(O)C(COP(=O)(O)OCC[N+](C)(C)C)NC(=O)CCCCCCCCCCCCCCCCCCCCCCCCCCCCC. The molecule has 0 aliphatic heterocycles. The number of nitrogens with zero attached hydrogens (tertiary/aromatic N) is 1. The van der Waals surface area contributed by atoms with Crippen molar-refractivity contribution in [2.24, 2.45) is 0 Å². The van der Waals surface area contributed by atoms with Crippen molar-refractivity contribution in [3.05, 3.63) is 12.2 Å². The van der Waals surface area contributed by atoms with E-state index in [1.54, 1.807) is 6.08 Å². The molecule has 0 radical (unpaired) electrons. The number of nitrogens with one attached hydrogen (secondary N) is 1. The molecule has 0 rings (SSSR count). The lowest BCUT2D eigenvalue weighted by atomic mass is 10.0. The maximum Gasteiger partial charge on any atom is 0.472 e. The van der Waals surface area contributed by atoms with Gasteiger partial charge in [0.25, 0.3) is 0 Å². The fourth-order valence-electron chi connectivity index (χ4n) is 8.22. The van der Waals surface area contributed by atoms with E-state index >= 15 is 0 Å². The Hall–Kier alpha value is -0.760. The molecule has 3 atom stereocenters. The molecule has 8 nitrogen and oxygen atoms in total. The third-order valence-corrected chi connectivity index (χ3v) is 13.5. The summed E-state index contributed by atoms with van der Waals surface area (Å²) in [5.74, 6) is -0.172. The van der Waals surface area contributed by atoms with Crippen LogP contribution in [0.25, 0.3) is 0 Å². The van der Waals surface area contributed by atoms with Gasteiger partial charge in [-0.3, -0.25) is 13.8 Å². The van der Waals surface area contributed by atoms with Crippen LogP contribution in [-0.4, -0.2) is 73.4 Å². The summed E-state index contributed by atoms with van der Waals surface area (Å²) < 4.78 is 23.6. The summed E-state index contributed by atoms with van der Waals surface area (Å²) in [6.45, 7) is 4.85. The Morgan fingerprint density at radius 1 is 0.532 bits per heavy atom. The van der Waals surface area contributed by atoms with Crippen LogP contribution in [0.15, 0.2) is 12.2 Å². The van der Waals surface area contributed by atoms with Crippen LogP contribution in [0.2, 0.25) is 0 Å². The van der Waals surface area contributed by atoms with Gasteiger partial charge in [0.1, 0.15) is 13.2 Å². The summed E-state index contributed by atoms with van der Waals surface area (Å²) in [5, 5.41) is 13.9. The van der Waals surface area contributed by atoms with E-state index in [1.807, 2.05) is 27.2 Å². The van der Waals surface area contributed by atoms with E-state index < -0.39 is 20.0 Å². The molecule has 0 saturated heterocycles. The number of hydrogen-bond donors (Lipinski definition) is 3. The summed E-state index contributed by atoms with van der Waals surface area (Å²) in [4.78, 5) is 23.2. The number of phosphoric ester groups is 1. The van der Waals surface area contributed by atoms with Gasteiger partial charge in [-0.1, -0.05) is 257 Å². The molecule has 0 aliphatic rings. The molecule has 0 spiro atoms. The molecule has 0 aromatic rings. The van der Waals surface area contributed by atoms with Crippen molar-refractivity contribution in [1.82, 2.24) is 5.32 Å². The Morgan fingerprint density at radius 3 is 1.19 bits per heavy atom. The van der Waals surface area contributed by atoms with Gasteiger partial charge >= 0.3 is 7.82 Å². The van der Waals surface area contributed by atoms with Crippen molar-refractivity contribution in [2.75, 3.05) is 40.9 Å². The third kappa shape index (κ3) is 47.2. The number of aliphatic hydroxyl groups excluding tert-OH is 1. The number of likely N-dealkylation sites (N-methyl/N-ethyl adjacent to an activating group) is 1. The zero-order valence-electron chi connectivity index (χ0n) is 42.1. The first-order chi connectivity index (χ1) is 30.0. The second kappa shape index (κ2) is 45.4. The Balaban J connectivity index is 4.09. The minimum absolute atomic E-state index is 0.0648. The number of rotatable bonds is 50. The summed E-state index contributed by atoms with van der Waals surface area (Å²) in [6, 6.07) is -0.840. The fraction of sp³-hybridized carbons (Fsp3) is 0.943. The van der Waals surface area contributed by atoms with Crippen LogP contribution < -0.4 is 5.32 Å². The molecule has 0 aromatic carbocycles. The number of hydrogen-bond acceptors (Lipinski definition) is 5. The highest BCUT2D eigenvalue weighted by Crippen LogP contribution is 2.43. The average molecular weight is 900 g/mol. The first-order valence-corrected chi connectivity index (χ1v) is 28.6. The molecule has 62 heavy (non-hydrogen) atoms. The molecule has 0 fully saturated rings. The second-order valence-electron chi connectivity index (χ2n) is 20.0. The predicted octanol–water partition coefficient (Wildman–Crippen LogP) is 15.9. The number of carbonyl (C=O) groups excluding carboxylic acids is 1. The first-order valence-electron chi connectivity index (χ1n) is 27.1. The molecular weight excluding hydrogens is 792 g/mol. The van der Waals surface area contributed by atoms with Gasteiger partial charge in [-0.2, -0.15) is 0 Å². The average Bonchev–Trinajstić information content (AvgIpc) is 3.23. The van der Waals surface area contributed by atoms with Crippen molar-refractivity contribution in [1.29, 1.82) is 0 Å². The van der Waals surface area contributed by atoms with Gasteiger partial charge in [0.05, 0.1) is 39.9 Å². The van der Waals surface area contributed by atoms with Gasteiger partial charge in [-0.15, -0.1) is 0 Å². The van der Waals surface area contributed by atoms with Crippen LogP contribution in [0.4, 0.5) is 0 Å². The van der Waals surface area contributed by atoms with Crippen molar-refractivity contribution < 1.29 is 32.9 Å². The Labute approximate surface area is 386 Å². The van der Waals surface area contributed by atoms with Gasteiger partial charge in [-0.25, -0.2) is 4.57 Å². The molecule has 3 unspecified atom stereocenters. The van der Waals surface area contributed by atoms with Crippen molar-refractivity contribution in [3.63, 3.8) is 0 Å². The lowest BCUT2D eigenvalue weighted by Crippen LogP contribution is -2.45.